The molecule has 80 valence electrons. The summed E-state index contributed by atoms with van der Waals surface area (Å²) in [4.78, 5) is 0. The monoisotopic (exact) mass is 212 g/mol. The molecule has 1 aromatic rings. The Morgan fingerprint density at radius 3 is 1.73 bits per heavy atom. The van der Waals surface area contributed by atoms with Crippen molar-refractivity contribution >= 4 is 5.57 Å². The van der Waals surface area contributed by atoms with Crippen LogP contribution >= 0.6 is 0 Å². The van der Waals surface area contributed by atoms with Crippen molar-refractivity contribution in [3.63, 3.8) is 0 Å². The van der Waals surface area contributed by atoms with Crippen LogP contribution in [0.4, 0.5) is 13.2 Å². The summed E-state index contributed by atoms with van der Waals surface area (Å²) in [6.45, 7) is 7.34. The lowest BCUT2D eigenvalue weighted by Crippen LogP contribution is -2.03. The van der Waals surface area contributed by atoms with Crippen molar-refractivity contribution in [3.05, 3.63) is 46.5 Å². The fourth-order valence-electron chi connectivity index (χ4n) is 1.36. The van der Waals surface area contributed by atoms with Gasteiger partial charge in [-0.15, -0.1) is 5.73 Å². The topological polar surface area (TPSA) is 0 Å². The molecule has 0 bridgehead atoms. The minimum atomic E-state index is -0.885. The zero-order chi connectivity index (χ0) is 11.7. The molecule has 0 aliphatic carbocycles. The molecule has 0 aliphatic heterocycles. The Bertz CT molecular complexity index is 437. The average Bonchev–Trinajstić information content (AvgIpc) is 2.23. The van der Waals surface area contributed by atoms with Crippen LogP contribution in [0.15, 0.2) is 12.3 Å². The molecular formula is C12H11F3. The molecule has 0 amide bonds. The molecule has 0 atom stereocenters. The van der Waals surface area contributed by atoms with Crippen LogP contribution < -0.4 is 0 Å². The van der Waals surface area contributed by atoms with Gasteiger partial charge in [-0.2, -0.15) is 0 Å². The smallest absolute Gasteiger partial charge is 0.140 e. The molecule has 0 aliphatic rings. The summed E-state index contributed by atoms with van der Waals surface area (Å²) in [5, 5.41) is 0. The summed E-state index contributed by atoms with van der Waals surface area (Å²) in [5.74, 6) is -2.61. The van der Waals surface area contributed by atoms with Gasteiger partial charge in [-0.05, 0) is 20.8 Å². The van der Waals surface area contributed by atoms with E-state index in [1.54, 1.807) is 0 Å². The van der Waals surface area contributed by atoms with E-state index in [9.17, 15) is 13.2 Å². The molecule has 0 N–H and O–H groups in total. The van der Waals surface area contributed by atoms with Gasteiger partial charge in [0.15, 0.2) is 0 Å². The van der Waals surface area contributed by atoms with Crippen LogP contribution in [0.2, 0.25) is 0 Å². The predicted molar refractivity (Wildman–Crippen MR) is 54.0 cm³/mol. The second-order valence-electron chi connectivity index (χ2n) is 3.37. The normalized spacial score (nSPS) is 10.0. The van der Waals surface area contributed by atoms with Gasteiger partial charge in [0.25, 0.3) is 0 Å². The third-order valence-electron chi connectivity index (χ3n) is 2.40. The number of rotatable bonds is 1. The lowest BCUT2D eigenvalue weighted by Gasteiger charge is -2.10. The van der Waals surface area contributed by atoms with Crippen molar-refractivity contribution < 1.29 is 13.2 Å². The predicted octanol–water partition coefficient (Wildman–Crippen LogP) is 3.91. The maximum absolute atomic E-state index is 13.6. The Kier molecular flexibility index (Phi) is 3.06. The van der Waals surface area contributed by atoms with Crippen molar-refractivity contribution in [2.24, 2.45) is 0 Å². The molecule has 0 aromatic heterocycles. The van der Waals surface area contributed by atoms with E-state index in [1.807, 2.05) is 0 Å². The molecule has 0 radical (unpaired) electrons. The third-order valence-corrected chi connectivity index (χ3v) is 2.40. The molecule has 0 spiro atoms. The quantitative estimate of drug-likeness (QED) is 0.619. The number of halogens is 3. The molecule has 0 unspecified atom stereocenters. The van der Waals surface area contributed by atoms with Gasteiger partial charge in [0.2, 0.25) is 0 Å². The van der Waals surface area contributed by atoms with Crippen molar-refractivity contribution in [1.82, 2.24) is 0 Å². The lowest BCUT2D eigenvalue weighted by atomic mass is 9.99. The van der Waals surface area contributed by atoms with Crippen LogP contribution in [-0.4, -0.2) is 0 Å². The molecule has 1 aromatic carbocycles. The SMILES string of the molecule is C=C=C(C)c1c(F)c(C)c(F)c(C)c1F. The minimum Gasteiger partial charge on any atom is -0.206 e. The van der Waals surface area contributed by atoms with E-state index in [-0.39, 0.29) is 22.3 Å². The van der Waals surface area contributed by atoms with Gasteiger partial charge >= 0.3 is 0 Å². The van der Waals surface area contributed by atoms with Gasteiger partial charge in [0.1, 0.15) is 17.5 Å². The fourth-order valence-corrected chi connectivity index (χ4v) is 1.36. The van der Waals surface area contributed by atoms with E-state index < -0.39 is 17.5 Å². The van der Waals surface area contributed by atoms with Crippen molar-refractivity contribution in [3.8, 4) is 0 Å². The number of hydrogen-bond donors (Lipinski definition) is 0. The summed E-state index contributed by atoms with van der Waals surface area (Å²) >= 11 is 0. The van der Waals surface area contributed by atoms with Crippen LogP contribution in [0.25, 0.3) is 5.57 Å². The van der Waals surface area contributed by atoms with Crippen LogP contribution in [0.3, 0.4) is 0 Å². The highest BCUT2D eigenvalue weighted by molar-refractivity contribution is 5.65. The first-order valence-corrected chi connectivity index (χ1v) is 4.42. The Morgan fingerprint density at radius 2 is 1.40 bits per heavy atom. The Balaban J connectivity index is 3.75. The molecule has 3 heteroatoms. The van der Waals surface area contributed by atoms with E-state index in [4.69, 9.17) is 0 Å². The lowest BCUT2D eigenvalue weighted by molar-refractivity contribution is 0.518. The summed E-state index contributed by atoms with van der Waals surface area (Å²) in [7, 11) is 0. The molecular weight excluding hydrogens is 201 g/mol. The molecule has 0 fully saturated rings. The first-order valence-electron chi connectivity index (χ1n) is 4.42. The summed E-state index contributed by atoms with van der Waals surface area (Å²) < 4.78 is 40.4. The molecule has 15 heavy (non-hydrogen) atoms. The van der Waals surface area contributed by atoms with Gasteiger partial charge < -0.3 is 0 Å². The molecule has 0 saturated heterocycles. The van der Waals surface area contributed by atoms with E-state index in [0.29, 0.717) is 0 Å². The minimum absolute atomic E-state index is 0.182. The Labute approximate surface area is 86.7 Å². The van der Waals surface area contributed by atoms with E-state index in [2.05, 4.69) is 12.3 Å². The number of allylic oxidation sites excluding steroid dienone is 1. The van der Waals surface area contributed by atoms with Gasteiger partial charge in [-0.3, -0.25) is 0 Å². The molecule has 0 saturated carbocycles. The molecule has 0 nitrogen and oxygen atoms in total. The van der Waals surface area contributed by atoms with Crippen LogP contribution in [-0.2, 0) is 0 Å². The van der Waals surface area contributed by atoms with Gasteiger partial charge in [0, 0.05) is 16.7 Å². The average molecular weight is 212 g/mol. The maximum atomic E-state index is 13.6. The largest absolute Gasteiger partial charge is 0.206 e. The highest BCUT2D eigenvalue weighted by atomic mass is 19.1. The third kappa shape index (κ3) is 1.71. The number of hydrogen-bond acceptors (Lipinski definition) is 0. The highest BCUT2D eigenvalue weighted by Gasteiger charge is 2.20. The van der Waals surface area contributed by atoms with E-state index in [1.165, 1.54) is 20.8 Å². The first kappa shape index (κ1) is 11.6. The van der Waals surface area contributed by atoms with Gasteiger partial charge in [-0.25, -0.2) is 13.2 Å². The van der Waals surface area contributed by atoms with Crippen molar-refractivity contribution in [1.29, 1.82) is 0 Å². The second kappa shape index (κ2) is 3.95. The van der Waals surface area contributed by atoms with Crippen LogP contribution in [0, 0.1) is 31.3 Å². The standard InChI is InChI=1S/C12H11F3/c1-5-6(2)9-11(14)7(3)10(13)8(4)12(9)15/h1H2,2-4H3. The summed E-state index contributed by atoms with van der Waals surface area (Å²) in [6, 6.07) is 0. The number of benzene rings is 1. The maximum Gasteiger partial charge on any atom is 0.140 e. The Morgan fingerprint density at radius 1 is 1.00 bits per heavy atom. The highest BCUT2D eigenvalue weighted by Crippen LogP contribution is 2.28. The van der Waals surface area contributed by atoms with Gasteiger partial charge in [0.05, 0.1) is 5.56 Å². The second-order valence-corrected chi connectivity index (χ2v) is 3.37. The van der Waals surface area contributed by atoms with Crippen LogP contribution in [0.5, 0.6) is 0 Å². The summed E-state index contributed by atoms with van der Waals surface area (Å²) in [5.41, 5.74) is 2.02. The molecule has 0 heterocycles. The van der Waals surface area contributed by atoms with Crippen molar-refractivity contribution in [2.45, 2.75) is 20.8 Å². The van der Waals surface area contributed by atoms with E-state index >= 15 is 0 Å². The Hall–Kier alpha value is -1.47. The van der Waals surface area contributed by atoms with E-state index in [0.717, 1.165) is 0 Å². The zero-order valence-electron chi connectivity index (χ0n) is 8.84. The molecule has 1 rings (SSSR count). The fraction of sp³-hybridized carbons (Fsp3) is 0.250. The van der Waals surface area contributed by atoms with Crippen molar-refractivity contribution in [2.75, 3.05) is 0 Å². The van der Waals surface area contributed by atoms with Crippen LogP contribution in [0.1, 0.15) is 23.6 Å². The van der Waals surface area contributed by atoms with Gasteiger partial charge in [-0.1, -0.05) is 6.58 Å². The first-order chi connectivity index (χ1) is 6.91. The zero-order valence-corrected chi connectivity index (χ0v) is 8.84. The summed E-state index contributed by atoms with van der Waals surface area (Å²) in [6.07, 6.45) is 0.